The van der Waals surface area contributed by atoms with Gasteiger partial charge in [-0.2, -0.15) is 0 Å². The lowest BCUT2D eigenvalue weighted by molar-refractivity contribution is -0.138. The summed E-state index contributed by atoms with van der Waals surface area (Å²) in [7, 11) is 3.10. The summed E-state index contributed by atoms with van der Waals surface area (Å²) < 4.78 is 16.2. The molecular formula is C22H23NO6. The fourth-order valence-electron chi connectivity index (χ4n) is 4.13. The number of hydrogen-bond donors (Lipinski definition) is 1. The maximum Gasteiger partial charge on any atom is 0.305 e. The molecule has 0 fully saturated rings. The molecule has 0 spiro atoms. The molecule has 2 aromatic rings. The van der Waals surface area contributed by atoms with Crippen molar-refractivity contribution < 1.29 is 28.9 Å². The van der Waals surface area contributed by atoms with E-state index in [1.165, 1.54) is 7.11 Å². The third-order valence-electron chi connectivity index (χ3n) is 5.60. The number of rotatable bonds is 5. The minimum atomic E-state index is -0.960. The summed E-state index contributed by atoms with van der Waals surface area (Å²) in [6, 6.07) is 8.64. The molecule has 29 heavy (non-hydrogen) atoms. The number of carboxylic acids is 1. The number of carbonyl (C=O) groups excluding carboxylic acids is 1. The van der Waals surface area contributed by atoms with Crippen molar-refractivity contribution in [1.82, 2.24) is 4.90 Å². The van der Waals surface area contributed by atoms with E-state index < -0.39 is 12.0 Å². The van der Waals surface area contributed by atoms with E-state index in [-0.39, 0.29) is 12.3 Å². The van der Waals surface area contributed by atoms with E-state index in [2.05, 4.69) is 0 Å². The fourth-order valence-corrected chi connectivity index (χ4v) is 4.13. The zero-order valence-corrected chi connectivity index (χ0v) is 16.4. The molecule has 4 rings (SSSR count). The van der Waals surface area contributed by atoms with E-state index in [9.17, 15) is 14.7 Å². The first-order valence-electron chi connectivity index (χ1n) is 9.49. The molecule has 2 heterocycles. The number of ether oxygens (including phenoxy) is 3. The first-order chi connectivity index (χ1) is 14.0. The molecule has 0 radical (unpaired) electrons. The fraction of sp³-hybridized carbons (Fsp3) is 0.364. The molecule has 0 aromatic heterocycles. The van der Waals surface area contributed by atoms with Crippen LogP contribution in [0.15, 0.2) is 30.3 Å². The third-order valence-corrected chi connectivity index (χ3v) is 5.60. The third kappa shape index (κ3) is 3.53. The van der Waals surface area contributed by atoms with Gasteiger partial charge in [0.25, 0.3) is 5.91 Å². The van der Waals surface area contributed by atoms with Gasteiger partial charge in [-0.1, -0.05) is 6.07 Å². The quantitative estimate of drug-likeness (QED) is 0.835. The zero-order chi connectivity index (χ0) is 20.5. The van der Waals surface area contributed by atoms with Gasteiger partial charge in [0.15, 0.2) is 11.5 Å². The Morgan fingerprint density at radius 3 is 2.52 bits per heavy atom. The predicted octanol–water partition coefficient (Wildman–Crippen LogP) is 2.95. The summed E-state index contributed by atoms with van der Waals surface area (Å²) in [5.74, 6) is -0.0199. The highest BCUT2D eigenvalue weighted by Crippen LogP contribution is 2.40. The van der Waals surface area contributed by atoms with Crippen LogP contribution in [0.3, 0.4) is 0 Å². The van der Waals surface area contributed by atoms with E-state index in [1.54, 1.807) is 24.1 Å². The molecular weight excluding hydrogens is 374 g/mol. The second-order valence-electron chi connectivity index (χ2n) is 7.24. The SMILES string of the molecule is COc1cc2c(cc1OC)C(CC(=O)O)N(C(=O)c1ccc3c(c1)COC3)CC2. The van der Waals surface area contributed by atoms with Crippen LogP contribution < -0.4 is 9.47 Å². The normalized spacial score (nSPS) is 17.4. The number of carboxylic acid groups (broad SMARTS) is 1. The largest absolute Gasteiger partial charge is 0.493 e. The Kier molecular flexibility index (Phi) is 5.15. The first kappa shape index (κ1) is 19.3. The highest BCUT2D eigenvalue weighted by molar-refractivity contribution is 5.95. The average Bonchev–Trinajstić information content (AvgIpc) is 3.20. The Balaban J connectivity index is 1.72. The van der Waals surface area contributed by atoms with Crippen LogP contribution in [-0.4, -0.2) is 42.6 Å². The summed E-state index contributed by atoms with van der Waals surface area (Å²) in [6.45, 7) is 1.49. The minimum absolute atomic E-state index is 0.175. The summed E-state index contributed by atoms with van der Waals surface area (Å²) in [5.41, 5.74) is 4.40. The maximum atomic E-state index is 13.3. The predicted molar refractivity (Wildman–Crippen MR) is 104 cm³/mol. The van der Waals surface area contributed by atoms with Crippen LogP contribution in [0.2, 0.25) is 0 Å². The monoisotopic (exact) mass is 397 g/mol. The zero-order valence-electron chi connectivity index (χ0n) is 16.4. The highest BCUT2D eigenvalue weighted by Gasteiger charge is 2.34. The van der Waals surface area contributed by atoms with Crippen molar-refractivity contribution >= 4 is 11.9 Å². The number of hydrogen-bond acceptors (Lipinski definition) is 5. The summed E-state index contributed by atoms with van der Waals surface area (Å²) in [4.78, 5) is 26.6. The van der Waals surface area contributed by atoms with Crippen LogP contribution >= 0.6 is 0 Å². The van der Waals surface area contributed by atoms with Crippen LogP contribution in [0.1, 0.15) is 45.1 Å². The topological polar surface area (TPSA) is 85.3 Å². The van der Waals surface area contributed by atoms with Gasteiger partial charge in [0.1, 0.15) is 0 Å². The van der Waals surface area contributed by atoms with Gasteiger partial charge in [-0.05, 0) is 52.9 Å². The maximum absolute atomic E-state index is 13.3. The molecule has 1 unspecified atom stereocenters. The molecule has 0 saturated carbocycles. The van der Waals surface area contributed by atoms with Crippen LogP contribution in [0.4, 0.5) is 0 Å². The van der Waals surface area contributed by atoms with Crippen molar-refractivity contribution in [2.24, 2.45) is 0 Å². The summed E-state index contributed by atoms with van der Waals surface area (Å²) in [6.07, 6.45) is 0.438. The number of methoxy groups -OCH3 is 2. The van der Waals surface area contributed by atoms with E-state index in [0.29, 0.717) is 43.2 Å². The molecule has 2 aliphatic heterocycles. The van der Waals surface area contributed by atoms with Gasteiger partial charge in [-0.3, -0.25) is 9.59 Å². The number of fused-ring (bicyclic) bond motifs is 2. The minimum Gasteiger partial charge on any atom is -0.493 e. The first-order valence-corrected chi connectivity index (χ1v) is 9.49. The Hall–Kier alpha value is -3.06. The second kappa shape index (κ2) is 7.75. The van der Waals surface area contributed by atoms with Crippen LogP contribution in [0.25, 0.3) is 0 Å². The molecule has 7 heteroatoms. The molecule has 7 nitrogen and oxygen atoms in total. The standard InChI is InChI=1S/C22H23NO6/c1-27-19-8-13-5-6-23(18(10-21(24)25)17(13)9-20(19)28-2)22(26)14-3-4-15-11-29-12-16(15)7-14/h3-4,7-9,18H,5-6,10-12H2,1-2H3,(H,24,25). The second-order valence-corrected chi connectivity index (χ2v) is 7.24. The van der Waals surface area contributed by atoms with Gasteiger partial charge >= 0.3 is 5.97 Å². The van der Waals surface area contributed by atoms with E-state index in [4.69, 9.17) is 14.2 Å². The molecule has 152 valence electrons. The number of aliphatic carboxylic acids is 1. The smallest absolute Gasteiger partial charge is 0.305 e. The molecule has 1 N–H and O–H groups in total. The number of benzene rings is 2. The van der Waals surface area contributed by atoms with Crippen molar-refractivity contribution in [1.29, 1.82) is 0 Å². The lowest BCUT2D eigenvalue weighted by Gasteiger charge is -2.37. The summed E-state index contributed by atoms with van der Waals surface area (Å²) >= 11 is 0. The summed E-state index contributed by atoms with van der Waals surface area (Å²) in [5, 5.41) is 9.51. The van der Waals surface area contributed by atoms with Gasteiger partial charge < -0.3 is 24.2 Å². The Labute approximate surface area is 168 Å². The van der Waals surface area contributed by atoms with E-state index in [0.717, 1.165) is 22.3 Å². The van der Waals surface area contributed by atoms with Gasteiger partial charge in [-0.25, -0.2) is 0 Å². The lowest BCUT2D eigenvalue weighted by Crippen LogP contribution is -2.41. The molecule has 0 aliphatic carbocycles. The average molecular weight is 397 g/mol. The van der Waals surface area contributed by atoms with Gasteiger partial charge in [0, 0.05) is 12.1 Å². The van der Waals surface area contributed by atoms with Crippen molar-refractivity contribution in [3.05, 3.63) is 58.1 Å². The van der Waals surface area contributed by atoms with Crippen molar-refractivity contribution in [2.75, 3.05) is 20.8 Å². The van der Waals surface area contributed by atoms with Crippen LogP contribution in [0.5, 0.6) is 11.5 Å². The molecule has 2 aliphatic rings. The van der Waals surface area contributed by atoms with Gasteiger partial charge in [0.05, 0.1) is 39.9 Å². The Morgan fingerprint density at radius 2 is 1.79 bits per heavy atom. The molecule has 0 bridgehead atoms. The van der Waals surface area contributed by atoms with Crippen molar-refractivity contribution in [3.63, 3.8) is 0 Å². The molecule has 1 atom stereocenters. The van der Waals surface area contributed by atoms with E-state index in [1.807, 2.05) is 18.2 Å². The van der Waals surface area contributed by atoms with Crippen molar-refractivity contribution in [2.45, 2.75) is 32.1 Å². The molecule has 0 saturated heterocycles. The molecule has 2 aromatic carbocycles. The van der Waals surface area contributed by atoms with Gasteiger partial charge in [0.2, 0.25) is 0 Å². The van der Waals surface area contributed by atoms with Gasteiger partial charge in [-0.15, -0.1) is 0 Å². The van der Waals surface area contributed by atoms with Crippen molar-refractivity contribution in [3.8, 4) is 11.5 Å². The number of nitrogens with zero attached hydrogens (tertiary/aromatic N) is 1. The number of amides is 1. The Morgan fingerprint density at radius 1 is 1.07 bits per heavy atom. The van der Waals surface area contributed by atoms with E-state index >= 15 is 0 Å². The highest BCUT2D eigenvalue weighted by atomic mass is 16.5. The molecule has 1 amide bonds. The van der Waals surface area contributed by atoms with Crippen LogP contribution in [-0.2, 0) is 29.2 Å². The Bertz CT molecular complexity index is 970. The van der Waals surface area contributed by atoms with Crippen LogP contribution in [0, 0.1) is 0 Å². The lowest BCUT2D eigenvalue weighted by atomic mass is 9.89. The number of carbonyl (C=O) groups is 2.